The molecule has 2 aromatic heterocycles. The van der Waals surface area contributed by atoms with Gasteiger partial charge in [-0.25, -0.2) is 23.5 Å². The maximum atomic E-state index is 15.1. The average Bonchev–Trinajstić information content (AvgIpc) is 3.23. The van der Waals surface area contributed by atoms with Gasteiger partial charge in [-0.1, -0.05) is 24.3 Å². The van der Waals surface area contributed by atoms with Crippen molar-refractivity contribution in [1.82, 2.24) is 14.5 Å². The number of aromatic carboxylic acids is 1. The van der Waals surface area contributed by atoms with E-state index in [0.29, 0.717) is 33.7 Å². The van der Waals surface area contributed by atoms with E-state index in [-0.39, 0.29) is 35.6 Å². The summed E-state index contributed by atoms with van der Waals surface area (Å²) in [6, 6.07) is 20.5. The summed E-state index contributed by atoms with van der Waals surface area (Å²) in [5, 5.41) is 18.1. The van der Waals surface area contributed by atoms with Gasteiger partial charge >= 0.3 is 5.97 Å². The summed E-state index contributed by atoms with van der Waals surface area (Å²) in [5.41, 5.74) is 3.39. The third-order valence-electron chi connectivity index (χ3n) is 6.20. The van der Waals surface area contributed by atoms with Crippen LogP contribution in [0.2, 0.25) is 0 Å². The zero-order valence-electron chi connectivity index (χ0n) is 20.2. The lowest BCUT2D eigenvalue weighted by molar-refractivity contribution is 0.0697. The molecule has 1 N–H and O–H groups in total. The molecule has 7 nitrogen and oxygen atoms in total. The van der Waals surface area contributed by atoms with Crippen molar-refractivity contribution in [2.75, 3.05) is 0 Å². The molecule has 0 aliphatic heterocycles. The Morgan fingerprint density at radius 3 is 2.53 bits per heavy atom. The molecule has 9 heteroatoms. The molecule has 38 heavy (non-hydrogen) atoms. The zero-order valence-corrected chi connectivity index (χ0v) is 20.2. The summed E-state index contributed by atoms with van der Waals surface area (Å²) in [4.78, 5) is 20.2. The van der Waals surface area contributed by atoms with Gasteiger partial charge in [-0.15, -0.1) is 0 Å². The van der Waals surface area contributed by atoms with Crippen LogP contribution in [0.15, 0.2) is 72.8 Å². The molecule has 0 unspecified atom stereocenters. The number of aryl methyl sites for hydroxylation is 1. The lowest BCUT2D eigenvalue weighted by Gasteiger charge is -2.10. The van der Waals surface area contributed by atoms with Crippen molar-refractivity contribution in [2.24, 2.45) is 7.05 Å². The number of halogens is 2. The fourth-order valence-electron chi connectivity index (χ4n) is 4.09. The van der Waals surface area contributed by atoms with Crippen molar-refractivity contribution in [3.63, 3.8) is 0 Å². The van der Waals surface area contributed by atoms with E-state index in [1.807, 2.05) is 6.07 Å². The van der Waals surface area contributed by atoms with E-state index in [4.69, 9.17) is 10.00 Å². The molecule has 188 valence electrons. The predicted octanol–water partition coefficient (Wildman–Crippen LogP) is 5.65. The standard InChI is InChI=1S/C29H20F2N4O3/c1-35-26-13-20(29(36)37)9-10-25(26)33-27(35)14-18-7-8-19(12-23(18)31)24-3-2-4-28(34-24)38-16-21-6-5-17(15-32)11-22(21)30/h2-13H,14,16H2,1H3,(H,36,37). The maximum absolute atomic E-state index is 15.1. The minimum Gasteiger partial charge on any atom is -0.478 e. The van der Waals surface area contributed by atoms with Crippen LogP contribution in [0.25, 0.3) is 22.3 Å². The molecule has 0 fully saturated rings. The Morgan fingerprint density at radius 1 is 1.00 bits per heavy atom. The lowest BCUT2D eigenvalue weighted by atomic mass is 10.1. The molecule has 0 aliphatic rings. The number of rotatable bonds is 7. The van der Waals surface area contributed by atoms with E-state index in [9.17, 15) is 14.3 Å². The largest absolute Gasteiger partial charge is 0.478 e. The van der Waals surface area contributed by atoms with Crippen LogP contribution in [-0.4, -0.2) is 25.6 Å². The molecule has 5 rings (SSSR count). The highest BCUT2D eigenvalue weighted by Crippen LogP contribution is 2.25. The lowest BCUT2D eigenvalue weighted by Crippen LogP contribution is -2.02. The van der Waals surface area contributed by atoms with Crippen LogP contribution in [0, 0.1) is 23.0 Å². The molecule has 5 aromatic rings. The molecule has 0 saturated carbocycles. The molecule has 2 heterocycles. The van der Waals surface area contributed by atoms with Crippen LogP contribution < -0.4 is 4.74 Å². The second-order valence-electron chi connectivity index (χ2n) is 8.65. The van der Waals surface area contributed by atoms with Crippen LogP contribution in [0.3, 0.4) is 0 Å². The maximum Gasteiger partial charge on any atom is 0.335 e. The van der Waals surface area contributed by atoms with Crippen LogP contribution in [-0.2, 0) is 20.1 Å². The van der Waals surface area contributed by atoms with Gasteiger partial charge in [-0.05, 0) is 48.0 Å². The normalized spacial score (nSPS) is 10.9. The number of ether oxygens (including phenoxy) is 1. The number of fused-ring (bicyclic) bond motifs is 1. The predicted molar refractivity (Wildman–Crippen MR) is 136 cm³/mol. The molecular weight excluding hydrogens is 490 g/mol. The molecular formula is C29H20F2N4O3. The summed E-state index contributed by atoms with van der Waals surface area (Å²) in [5.74, 6) is -1.16. The summed E-state index contributed by atoms with van der Waals surface area (Å²) >= 11 is 0. The van der Waals surface area contributed by atoms with Crippen molar-refractivity contribution >= 4 is 17.0 Å². The Labute approximate surface area is 216 Å². The minimum absolute atomic E-state index is 0.0761. The Hall–Kier alpha value is -5.10. The van der Waals surface area contributed by atoms with Crippen molar-refractivity contribution < 1.29 is 23.4 Å². The number of hydrogen-bond acceptors (Lipinski definition) is 5. The Bertz CT molecular complexity index is 1740. The van der Waals surface area contributed by atoms with Crippen LogP contribution in [0.5, 0.6) is 5.88 Å². The molecule has 3 aromatic carbocycles. The highest BCUT2D eigenvalue weighted by Gasteiger charge is 2.14. The van der Waals surface area contributed by atoms with Gasteiger partial charge < -0.3 is 14.4 Å². The number of hydrogen-bond donors (Lipinski definition) is 1. The molecule has 0 radical (unpaired) electrons. The molecule has 0 amide bonds. The van der Waals surface area contributed by atoms with Gasteiger partial charge in [0.25, 0.3) is 0 Å². The van der Waals surface area contributed by atoms with Crippen LogP contribution in [0.4, 0.5) is 8.78 Å². The van der Waals surface area contributed by atoms with E-state index in [1.54, 1.807) is 54.1 Å². The smallest absolute Gasteiger partial charge is 0.335 e. The molecule has 0 saturated heterocycles. The van der Waals surface area contributed by atoms with Gasteiger partial charge in [0.15, 0.2) is 0 Å². The van der Waals surface area contributed by atoms with Gasteiger partial charge in [-0.2, -0.15) is 5.26 Å². The number of nitrogens with zero attached hydrogens (tertiary/aromatic N) is 4. The monoisotopic (exact) mass is 510 g/mol. The van der Waals surface area contributed by atoms with Crippen molar-refractivity contribution in [3.8, 4) is 23.2 Å². The fourth-order valence-corrected chi connectivity index (χ4v) is 4.09. The van der Waals surface area contributed by atoms with Gasteiger partial charge in [0, 0.05) is 30.7 Å². The quantitative estimate of drug-likeness (QED) is 0.304. The van der Waals surface area contributed by atoms with Gasteiger partial charge in [0.2, 0.25) is 5.88 Å². The number of aromatic nitrogens is 3. The second-order valence-corrected chi connectivity index (χ2v) is 8.65. The van der Waals surface area contributed by atoms with E-state index in [2.05, 4.69) is 9.97 Å². The van der Waals surface area contributed by atoms with E-state index in [1.165, 1.54) is 24.3 Å². The number of pyridine rings is 1. The van der Waals surface area contributed by atoms with Crippen LogP contribution in [0.1, 0.15) is 32.9 Å². The molecule has 0 spiro atoms. The summed E-state index contributed by atoms with van der Waals surface area (Å²) in [6.45, 7) is -0.0761. The number of carboxylic acids is 1. The highest BCUT2D eigenvalue weighted by atomic mass is 19.1. The van der Waals surface area contributed by atoms with E-state index >= 15 is 4.39 Å². The Morgan fingerprint density at radius 2 is 1.79 bits per heavy atom. The number of imidazole rings is 1. The molecule has 0 aliphatic carbocycles. The van der Waals surface area contributed by atoms with Crippen LogP contribution >= 0.6 is 0 Å². The first-order chi connectivity index (χ1) is 18.3. The number of nitriles is 1. The van der Waals surface area contributed by atoms with Gasteiger partial charge in [0.05, 0.1) is 33.9 Å². The summed E-state index contributed by atoms with van der Waals surface area (Å²) in [7, 11) is 1.77. The zero-order chi connectivity index (χ0) is 26.8. The first kappa shape index (κ1) is 24.6. The van der Waals surface area contributed by atoms with Crippen molar-refractivity contribution in [3.05, 3.63) is 113 Å². The number of benzene rings is 3. The number of carboxylic acid groups (broad SMARTS) is 1. The topological polar surface area (TPSA) is 101 Å². The third kappa shape index (κ3) is 4.92. The first-order valence-electron chi connectivity index (χ1n) is 11.6. The average molecular weight is 511 g/mol. The second kappa shape index (κ2) is 10.1. The fraction of sp³-hybridized carbons (Fsp3) is 0.103. The molecule has 0 atom stereocenters. The molecule has 0 bridgehead atoms. The van der Waals surface area contributed by atoms with Gasteiger partial charge in [-0.3, -0.25) is 0 Å². The minimum atomic E-state index is -1.03. The first-order valence-corrected chi connectivity index (χ1v) is 11.6. The third-order valence-corrected chi connectivity index (χ3v) is 6.20. The Kier molecular flexibility index (Phi) is 6.54. The van der Waals surface area contributed by atoms with Gasteiger partial charge in [0.1, 0.15) is 24.1 Å². The SMILES string of the molecule is Cn1c(Cc2ccc(-c3cccc(OCc4ccc(C#N)cc4F)n3)cc2F)nc2ccc(C(=O)O)cc21. The van der Waals surface area contributed by atoms with E-state index in [0.717, 1.165) is 6.07 Å². The summed E-state index contributed by atoms with van der Waals surface area (Å²) in [6.07, 6.45) is 0.215. The Balaban J connectivity index is 1.34. The highest BCUT2D eigenvalue weighted by molar-refractivity contribution is 5.92. The van der Waals surface area contributed by atoms with Crippen molar-refractivity contribution in [2.45, 2.75) is 13.0 Å². The van der Waals surface area contributed by atoms with Crippen molar-refractivity contribution in [1.29, 1.82) is 5.26 Å². The number of carbonyl (C=O) groups is 1. The summed E-state index contributed by atoms with van der Waals surface area (Å²) < 4.78 is 36.6. The van der Waals surface area contributed by atoms with E-state index < -0.39 is 17.6 Å².